The Morgan fingerprint density at radius 1 is 1.03 bits per heavy atom. The minimum Gasteiger partial charge on any atom is -0.493 e. The third kappa shape index (κ3) is 4.13. The van der Waals surface area contributed by atoms with E-state index < -0.39 is 0 Å². The van der Waals surface area contributed by atoms with Gasteiger partial charge in [-0.2, -0.15) is 0 Å². The Bertz CT molecular complexity index is 1150. The van der Waals surface area contributed by atoms with Gasteiger partial charge in [0, 0.05) is 31.2 Å². The number of nitrogens with zero attached hydrogens (tertiary/aromatic N) is 1. The van der Waals surface area contributed by atoms with E-state index in [0.717, 1.165) is 48.6 Å². The van der Waals surface area contributed by atoms with Gasteiger partial charge in [-0.1, -0.05) is 42.5 Å². The molecule has 0 bridgehead atoms. The van der Waals surface area contributed by atoms with Gasteiger partial charge in [-0.3, -0.25) is 4.79 Å². The van der Waals surface area contributed by atoms with Gasteiger partial charge in [0.15, 0.2) is 0 Å². The monoisotopic (exact) mass is 429 g/mol. The predicted octanol–water partition coefficient (Wildman–Crippen LogP) is 4.94. The summed E-state index contributed by atoms with van der Waals surface area (Å²) < 4.78 is 5.88. The first kappa shape index (κ1) is 20.4. The molecule has 0 saturated carbocycles. The Labute approximate surface area is 187 Å². The molecule has 2 aliphatic heterocycles. The summed E-state index contributed by atoms with van der Waals surface area (Å²) in [6.07, 6.45) is 4.08. The maximum atomic E-state index is 13.2. The molecule has 0 spiro atoms. The minimum atomic E-state index is -0.312. The van der Waals surface area contributed by atoms with Crippen LogP contribution >= 0.6 is 0 Å². The summed E-state index contributed by atoms with van der Waals surface area (Å²) in [4.78, 5) is 27.8. The van der Waals surface area contributed by atoms with Crippen molar-refractivity contribution in [3.8, 4) is 5.75 Å². The summed E-state index contributed by atoms with van der Waals surface area (Å²) >= 11 is 0. The molecule has 2 N–H and O–H groups in total. The van der Waals surface area contributed by atoms with Gasteiger partial charge in [0.2, 0.25) is 0 Å². The maximum absolute atomic E-state index is 13.2. The van der Waals surface area contributed by atoms with Crippen LogP contribution in [0.3, 0.4) is 0 Å². The molecule has 3 aromatic rings. The normalized spacial score (nSPS) is 18.1. The van der Waals surface area contributed by atoms with E-state index in [2.05, 4.69) is 28.8 Å². The molecule has 3 amide bonds. The number of carbonyl (C=O) groups excluding carboxylic acids is 2. The van der Waals surface area contributed by atoms with Gasteiger partial charge in [0.05, 0.1) is 12.2 Å². The van der Waals surface area contributed by atoms with Gasteiger partial charge in [0.1, 0.15) is 5.75 Å². The molecule has 5 rings (SSSR count). The largest absolute Gasteiger partial charge is 0.493 e. The summed E-state index contributed by atoms with van der Waals surface area (Å²) in [6.45, 7) is 1.79. The summed E-state index contributed by atoms with van der Waals surface area (Å²) in [5.41, 5.74) is 2.14. The molecule has 2 heterocycles. The van der Waals surface area contributed by atoms with Gasteiger partial charge in [0.25, 0.3) is 5.91 Å². The highest BCUT2D eigenvalue weighted by Crippen LogP contribution is 2.31. The van der Waals surface area contributed by atoms with Crippen LogP contribution in [0.1, 0.15) is 41.6 Å². The molecule has 6 heteroatoms. The highest BCUT2D eigenvalue weighted by atomic mass is 16.5. The van der Waals surface area contributed by atoms with Crippen LogP contribution in [0, 0.1) is 0 Å². The molecular formula is C26H27N3O3. The number of urea groups is 1. The quantitative estimate of drug-likeness (QED) is 0.620. The molecule has 1 atom stereocenters. The van der Waals surface area contributed by atoms with Crippen LogP contribution in [0.5, 0.6) is 5.75 Å². The summed E-state index contributed by atoms with van der Waals surface area (Å²) in [7, 11) is 0. The lowest BCUT2D eigenvalue weighted by Crippen LogP contribution is -2.45. The molecule has 1 fully saturated rings. The van der Waals surface area contributed by atoms with Crippen molar-refractivity contribution in [2.75, 3.05) is 18.5 Å². The van der Waals surface area contributed by atoms with Gasteiger partial charge < -0.3 is 20.3 Å². The third-order valence-electron chi connectivity index (χ3n) is 6.38. The second kappa shape index (κ2) is 8.91. The Balaban J connectivity index is 1.29. The van der Waals surface area contributed by atoms with E-state index >= 15 is 0 Å². The average molecular weight is 430 g/mol. The Morgan fingerprint density at radius 2 is 1.91 bits per heavy atom. The number of nitrogens with one attached hydrogen (secondary N) is 2. The Kier molecular flexibility index (Phi) is 5.67. The molecule has 0 radical (unpaired) electrons. The van der Waals surface area contributed by atoms with Crippen molar-refractivity contribution in [3.63, 3.8) is 0 Å². The molecule has 0 aliphatic carbocycles. The lowest BCUT2D eigenvalue weighted by atomic mass is 9.97. The van der Waals surface area contributed by atoms with Crippen molar-refractivity contribution in [1.82, 2.24) is 10.2 Å². The molecule has 0 aromatic heterocycles. The van der Waals surface area contributed by atoms with Gasteiger partial charge >= 0.3 is 6.03 Å². The zero-order valence-corrected chi connectivity index (χ0v) is 18.0. The van der Waals surface area contributed by atoms with E-state index in [-0.39, 0.29) is 18.0 Å². The van der Waals surface area contributed by atoms with Crippen molar-refractivity contribution < 1.29 is 14.3 Å². The van der Waals surface area contributed by atoms with Crippen LogP contribution in [-0.4, -0.2) is 36.0 Å². The first-order chi connectivity index (χ1) is 15.7. The van der Waals surface area contributed by atoms with Gasteiger partial charge in [-0.15, -0.1) is 0 Å². The number of fused-ring (bicyclic) bond motifs is 3. The summed E-state index contributed by atoms with van der Waals surface area (Å²) in [5, 5.41) is 8.05. The number of benzene rings is 3. The van der Waals surface area contributed by atoms with Crippen molar-refractivity contribution in [2.24, 2.45) is 0 Å². The van der Waals surface area contributed by atoms with Crippen LogP contribution in [-0.2, 0) is 6.54 Å². The zero-order valence-electron chi connectivity index (χ0n) is 18.0. The highest BCUT2D eigenvalue weighted by molar-refractivity contribution is 5.99. The standard InChI is InChI=1S/C26H27N3O3/c30-25-23-16-20(11-12-24(23)32-15-13-21-9-3-4-14-29(21)25)28-26(31)27-17-19-8-5-7-18-6-1-2-10-22(18)19/h1-2,5-8,10-12,16,21H,3-4,9,13-15,17H2,(H2,27,28,31). The smallest absolute Gasteiger partial charge is 0.319 e. The van der Waals surface area contributed by atoms with Crippen LogP contribution in [0.2, 0.25) is 0 Å². The number of ether oxygens (including phenoxy) is 1. The molecule has 164 valence electrons. The molecule has 6 nitrogen and oxygen atoms in total. The number of amides is 3. The highest BCUT2D eigenvalue weighted by Gasteiger charge is 2.31. The fourth-order valence-electron chi connectivity index (χ4n) is 4.73. The van der Waals surface area contributed by atoms with E-state index in [1.807, 2.05) is 29.2 Å². The number of hydrogen-bond donors (Lipinski definition) is 2. The van der Waals surface area contributed by atoms with E-state index in [1.54, 1.807) is 18.2 Å². The molecule has 1 unspecified atom stereocenters. The Morgan fingerprint density at radius 3 is 2.84 bits per heavy atom. The lowest BCUT2D eigenvalue weighted by molar-refractivity contribution is 0.0548. The van der Waals surface area contributed by atoms with Gasteiger partial charge in [-0.25, -0.2) is 4.79 Å². The molecule has 3 aromatic carbocycles. The summed E-state index contributed by atoms with van der Waals surface area (Å²) in [6, 6.07) is 19.4. The summed E-state index contributed by atoms with van der Waals surface area (Å²) in [5.74, 6) is 0.574. The fourth-order valence-corrected chi connectivity index (χ4v) is 4.73. The van der Waals surface area contributed by atoms with Crippen LogP contribution < -0.4 is 15.4 Å². The van der Waals surface area contributed by atoms with Crippen molar-refractivity contribution in [1.29, 1.82) is 0 Å². The molecule has 1 saturated heterocycles. The topological polar surface area (TPSA) is 70.7 Å². The maximum Gasteiger partial charge on any atom is 0.319 e. The number of carbonyl (C=O) groups is 2. The number of piperidine rings is 1. The van der Waals surface area contributed by atoms with Crippen LogP contribution in [0.4, 0.5) is 10.5 Å². The van der Waals surface area contributed by atoms with E-state index in [0.29, 0.717) is 30.2 Å². The van der Waals surface area contributed by atoms with Crippen molar-refractivity contribution >= 4 is 28.4 Å². The third-order valence-corrected chi connectivity index (χ3v) is 6.38. The fraction of sp³-hybridized carbons (Fsp3) is 0.308. The zero-order chi connectivity index (χ0) is 21.9. The lowest BCUT2D eigenvalue weighted by Gasteiger charge is -2.37. The first-order valence-electron chi connectivity index (χ1n) is 11.3. The SMILES string of the molecule is O=C(NCc1cccc2ccccc12)Nc1ccc2c(c1)C(=O)N1CCCCC1CCO2. The predicted molar refractivity (Wildman–Crippen MR) is 125 cm³/mol. The average Bonchev–Trinajstić information content (AvgIpc) is 2.82. The Hall–Kier alpha value is -3.54. The molecule has 32 heavy (non-hydrogen) atoms. The number of anilines is 1. The second-order valence-corrected chi connectivity index (χ2v) is 8.44. The van der Waals surface area contributed by atoms with Crippen LogP contribution in [0.15, 0.2) is 60.7 Å². The number of hydrogen-bond acceptors (Lipinski definition) is 3. The van der Waals surface area contributed by atoms with E-state index in [9.17, 15) is 9.59 Å². The molecular weight excluding hydrogens is 402 g/mol. The van der Waals surface area contributed by atoms with Crippen molar-refractivity contribution in [3.05, 3.63) is 71.8 Å². The van der Waals surface area contributed by atoms with Crippen molar-refractivity contribution in [2.45, 2.75) is 38.3 Å². The minimum absolute atomic E-state index is 0.00999. The van der Waals surface area contributed by atoms with Gasteiger partial charge in [-0.05, 0) is 53.8 Å². The molecule has 2 aliphatic rings. The van der Waals surface area contributed by atoms with Crippen LogP contribution in [0.25, 0.3) is 10.8 Å². The van der Waals surface area contributed by atoms with E-state index in [4.69, 9.17) is 4.74 Å². The first-order valence-corrected chi connectivity index (χ1v) is 11.3. The van der Waals surface area contributed by atoms with E-state index in [1.165, 1.54) is 0 Å². The number of rotatable bonds is 3. The second-order valence-electron chi connectivity index (χ2n) is 8.44.